The van der Waals surface area contributed by atoms with Gasteiger partial charge >= 0.3 is 0 Å². The van der Waals surface area contributed by atoms with E-state index >= 15 is 0 Å². The second-order valence-corrected chi connectivity index (χ2v) is 7.30. The predicted molar refractivity (Wildman–Crippen MR) is 109 cm³/mol. The number of nitrogens with one attached hydrogen (secondary N) is 1. The third kappa shape index (κ3) is 3.08. The van der Waals surface area contributed by atoms with Gasteiger partial charge in [0.25, 0.3) is 0 Å². The Morgan fingerprint density at radius 1 is 1.18 bits per heavy atom. The molecule has 0 spiro atoms. The molecular weight excluding hydrogens is 350 g/mol. The van der Waals surface area contributed by atoms with Crippen LogP contribution in [0.5, 0.6) is 5.75 Å². The lowest BCUT2D eigenvalue weighted by atomic mass is 10.0. The summed E-state index contributed by atoms with van der Waals surface area (Å²) < 4.78 is 11.0. The second-order valence-electron chi connectivity index (χ2n) is 7.30. The second kappa shape index (κ2) is 7.17. The van der Waals surface area contributed by atoms with Crippen LogP contribution in [0.4, 0.5) is 0 Å². The van der Waals surface area contributed by atoms with Crippen molar-refractivity contribution in [1.29, 1.82) is 0 Å². The van der Waals surface area contributed by atoms with Crippen molar-refractivity contribution in [2.75, 3.05) is 20.2 Å². The third-order valence-corrected chi connectivity index (χ3v) is 5.62. The maximum atomic E-state index is 5.65. The summed E-state index contributed by atoms with van der Waals surface area (Å²) in [5.41, 5.74) is 5.77. The number of nitrogens with zero attached hydrogens (tertiary/aromatic N) is 2. The van der Waals surface area contributed by atoms with Gasteiger partial charge in [-0.1, -0.05) is 35.5 Å². The largest absolute Gasteiger partial charge is 0.497 e. The van der Waals surface area contributed by atoms with Crippen molar-refractivity contribution in [3.63, 3.8) is 0 Å². The average molecular weight is 373 g/mol. The molecule has 3 heterocycles. The van der Waals surface area contributed by atoms with Crippen LogP contribution in [-0.2, 0) is 19.4 Å². The predicted octanol–water partition coefficient (Wildman–Crippen LogP) is 4.43. The highest BCUT2D eigenvalue weighted by Gasteiger charge is 2.25. The number of hydrogen-bond acceptors (Lipinski definition) is 4. The quantitative estimate of drug-likeness (QED) is 0.562. The molecule has 2 aromatic heterocycles. The van der Waals surface area contributed by atoms with Gasteiger partial charge in [0, 0.05) is 54.3 Å². The lowest BCUT2D eigenvalue weighted by Crippen LogP contribution is -2.31. The topological polar surface area (TPSA) is 54.3 Å². The lowest BCUT2D eigenvalue weighted by Gasteiger charge is -2.26. The van der Waals surface area contributed by atoms with Crippen LogP contribution in [0.25, 0.3) is 22.2 Å². The minimum atomic E-state index is 0.834. The van der Waals surface area contributed by atoms with E-state index < -0.39 is 0 Å². The van der Waals surface area contributed by atoms with Gasteiger partial charge in [-0.25, -0.2) is 0 Å². The molecule has 5 rings (SSSR count). The number of benzene rings is 2. The molecule has 1 N–H and O–H groups in total. The molecule has 0 amide bonds. The molecule has 0 atom stereocenters. The summed E-state index contributed by atoms with van der Waals surface area (Å²) in [6, 6.07) is 16.5. The highest BCUT2D eigenvalue weighted by molar-refractivity contribution is 5.83. The Bertz CT molecular complexity index is 1110. The highest BCUT2D eigenvalue weighted by Crippen LogP contribution is 2.31. The Hall–Kier alpha value is -3.05. The number of fused-ring (bicyclic) bond motifs is 2. The summed E-state index contributed by atoms with van der Waals surface area (Å²) in [4.78, 5) is 5.86. The Morgan fingerprint density at radius 3 is 3.04 bits per heavy atom. The molecule has 28 heavy (non-hydrogen) atoms. The van der Waals surface area contributed by atoms with E-state index in [-0.39, 0.29) is 0 Å². The van der Waals surface area contributed by atoms with E-state index in [4.69, 9.17) is 9.26 Å². The van der Waals surface area contributed by atoms with Gasteiger partial charge in [-0.2, -0.15) is 0 Å². The summed E-state index contributed by atoms with van der Waals surface area (Å²) in [5, 5.41) is 5.69. The molecule has 4 aromatic rings. The summed E-state index contributed by atoms with van der Waals surface area (Å²) in [7, 11) is 1.68. The first-order valence-electron chi connectivity index (χ1n) is 9.71. The van der Waals surface area contributed by atoms with Crippen molar-refractivity contribution < 1.29 is 9.26 Å². The summed E-state index contributed by atoms with van der Waals surface area (Å²) in [5.74, 6) is 1.85. The van der Waals surface area contributed by atoms with Crippen molar-refractivity contribution in [2.45, 2.75) is 19.4 Å². The molecule has 1 aliphatic rings. The first-order chi connectivity index (χ1) is 13.8. The fourth-order valence-electron chi connectivity index (χ4n) is 4.07. The summed E-state index contributed by atoms with van der Waals surface area (Å²) >= 11 is 0. The first kappa shape index (κ1) is 17.1. The standard InChI is InChI=1S/C23H23N3O2/c1-27-18-6-4-5-16(13-18)23-20-15-26(12-10-22(20)28-25-23)11-9-17-14-24-21-8-3-2-7-19(17)21/h2-8,13-14,24H,9-12,15H2,1H3. The minimum Gasteiger partial charge on any atom is -0.497 e. The number of hydrogen-bond donors (Lipinski definition) is 1. The van der Waals surface area contributed by atoms with Crippen molar-refractivity contribution >= 4 is 10.9 Å². The van der Waals surface area contributed by atoms with Crippen LogP contribution in [0.2, 0.25) is 0 Å². The van der Waals surface area contributed by atoms with E-state index in [0.29, 0.717) is 0 Å². The number of aromatic amines is 1. The molecule has 142 valence electrons. The van der Waals surface area contributed by atoms with Crippen LogP contribution in [0.3, 0.4) is 0 Å². The number of aromatic nitrogens is 2. The minimum absolute atomic E-state index is 0.834. The molecule has 0 fully saturated rings. The van der Waals surface area contributed by atoms with Crippen LogP contribution in [0, 0.1) is 0 Å². The smallest absolute Gasteiger partial charge is 0.143 e. The zero-order chi connectivity index (χ0) is 18.9. The maximum Gasteiger partial charge on any atom is 0.143 e. The molecule has 0 saturated heterocycles. The van der Waals surface area contributed by atoms with Gasteiger partial charge in [0.15, 0.2) is 0 Å². The number of H-pyrrole nitrogens is 1. The van der Waals surface area contributed by atoms with E-state index in [1.807, 2.05) is 18.2 Å². The number of para-hydroxylation sites is 1. The first-order valence-corrected chi connectivity index (χ1v) is 9.71. The van der Waals surface area contributed by atoms with E-state index in [1.165, 1.54) is 22.0 Å². The van der Waals surface area contributed by atoms with Crippen LogP contribution in [-0.4, -0.2) is 35.2 Å². The normalized spacial score (nSPS) is 14.3. The van der Waals surface area contributed by atoms with Crippen molar-refractivity contribution in [2.24, 2.45) is 0 Å². The Kier molecular flexibility index (Phi) is 4.37. The molecule has 0 aliphatic carbocycles. The van der Waals surface area contributed by atoms with E-state index in [1.54, 1.807) is 7.11 Å². The van der Waals surface area contributed by atoms with Gasteiger partial charge in [-0.3, -0.25) is 4.90 Å². The van der Waals surface area contributed by atoms with Crippen molar-refractivity contribution in [3.8, 4) is 17.0 Å². The maximum absolute atomic E-state index is 5.65. The molecule has 2 aromatic carbocycles. The van der Waals surface area contributed by atoms with Crippen molar-refractivity contribution in [3.05, 3.63) is 71.6 Å². The van der Waals surface area contributed by atoms with Gasteiger partial charge in [0.2, 0.25) is 0 Å². The molecule has 0 radical (unpaired) electrons. The van der Waals surface area contributed by atoms with Gasteiger partial charge < -0.3 is 14.2 Å². The Labute approximate surface area is 163 Å². The molecule has 5 nitrogen and oxygen atoms in total. The Morgan fingerprint density at radius 2 is 2.11 bits per heavy atom. The van der Waals surface area contributed by atoms with Gasteiger partial charge in [-0.15, -0.1) is 0 Å². The molecule has 0 saturated carbocycles. The molecule has 1 aliphatic heterocycles. The Balaban J connectivity index is 1.34. The van der Waals surface area contributed by atoms with E-state index in [9.17, 15) is 0 Å². The fourth-order valence-corrected chi connectivity index (χ4v) is 4.07. The molecule has 5 heteroatoms. The summed E-state index contributed by atoms with van der Waals surface area (Å²) in [6.07, 6.45) is 4.07. The zero-order valence-corrected chi connectivity index (χ0v) is 15.9. The number of ether oxygens (including phenoxy) is 1. The fraction of sp³-hybridized carbons (Fsp3) is 0.261. The molecule has 0 bridgehead atoms. The summed E-state index contributed by atoms with van der Waals surface area (Å²) in [6.45, 7) is 2.89. The lowest BCUT2D eigenvalue weighted by molar-refractivity contribution is 0.239. The van der Waals surface area contributed by atoms with Gasteiger partial charge in [0.1, 0.15) is 17.2 Å². The SMILES string of the molecule is COc1cccc(-c2noc3c2CN(CCc2c[nH]c4ccccc24)CC3)c1. The third-order valence-electron chi connectivity index (χ3n) is 5.62. The average Bonchev–Trinajstić information content (AvgIpc) is 3.36. The van der Waals surface area contributed by atoms with Crippen LogP contribution < -0.4 is 4.74 Å². The molecule has 0 unspecified atom stereocenters. The number of rotatable bonds is 5. The van der Waals surface area contributed by atoms with Crippen LogP contribution in [0.15, 0.2) is 59.3 Å². The highest BCUT2D eigenvalue weighted by atomic mass is 16.5. The van der Waals surface area contributed by atoms with Crippen LogP contribution >= 0.6 is 0 Å². The van der Waals surface area contributed by atoms with Gasteiger partial charge in [0.05, 0.1) is 7.11 Å². The van der Waals surface area contributed by atoms with E-state index in [2.05, 4.69) is 51.6 Å². The van der Waals surface area contributed by atoms with E-state index in [0.717, 1.165) is 55.2 Å². The van der Waals surface area contributed by atoms with Crippen molar-refractivity contribution in [1.82, 2.24) is 15.0 Å². The number of methoxy groups -OCH3 is 1. The van der Waals surface area contributed by atoms with Gasteiger partial charge in [-0.05, 0) is 30.2 Å². The monoisotopic (exact) mass is 373 g/mol. The van der Waals surface area contributed by atoms with Crippen LogP contribution in [0.1, 0.15) is 16.9 Å². The zero-order valence-electron chi connectivity index (χ0n) is 15.9. The molecular formula is C23H23N3O2.